The summed E-state index contributed by atoms with van der Waals surface area (Å²) in [5, 5.41) is 12.1. The molecule has 3 rings (SSSR count). The quantitative estimate of drug-likeness (QED) is 0.663. The van der Waals surface area contributed by atoms with Gasteiger partial charge in [0.15, 0.2) is 0 Å². The van der Waals surface area contributed by atoms with E-state index in [1.807, 2.05) is 43.3 Å². The van der Waals surface area contributed by atoms with Gasteiger partial charge >= 0.3 is 5.97 Å². The number of hydrogen-bond donors (Lipinski definition) is 2. The average Bonchev–Trinajstić information content (AvgIpc) is 2.70. The first-order valence-corrected chi connectivity index (χ1v) is 9.08. The molecule has 0 unspecified atom stereocenters. The van der Waals surface area contributed by atoms with Crippen molar-refractivity contribution in [1.29, 1.82) is 0 Å². The number of aromatic carboxylic acids is 1. The number of carbonyl (C=O) groups is 2. The summed E-state index contributed by atoms with van der Waals surface area (Å²) in [6.07, 6.45) is 0. The van der Waals surface area contributed by atoms with E-state index in [4.69, 9.17) is 4.74 Å². The maximum Gasteiger partial charge on any atom is 0.335 e. The lowest BCUT2D eigenvalue weighted by atomic mass is 10.0. The average molecular weight is 390 g/mol. The van der Waals surface area contributed by atoms with Crippen molar-refractivity contribution in [3.8, 4) is 17.0 Å². The molecule has 0 fully saturated rings. The molecule has 6 nitrogen and oxygen atoms in total. The van der Waals surface area contributed by atoms with Crippen LogP contribution in [0.4, 0.5) is 5.69 Å². The van der Waals surface area contributed by atoms with Crippen LogP contribution in [0.25, 0.3) is 11.3 Å². The molecule has 0 saturated carbocycles. The van der Waals surface area contributed by atoms with Gasteiger partial charge in [0.1, 0.15) is 11.4 Å². The molecule has 0 aliphatic heterocycles. The van der Waals surface area contributed by atoms with E-state index in [2.05, 4.69) is 10.3 Å². The van der Waals surface area contributed by atoms with E-state index < -0.39 is 5.97 Å². The minimum absolute atomic E-state index is 0.187. The number of pyridine rings is 1. The number of carbonyl (C=O) groups excluding carboxylic acids is 1. The molecule has 1 amide bonds. The number of hydrogen-bond acceptors (Lipinski definition) is 4. The van der Waals surface area contributed by atoms with Crippen molar-refractivity contribution >= 4 is 17.6 Å². The molecule has 6 heteroatoms. The van der Waals surface area contributed by atoms with E-state index >= 15 is 0 Å². The summed E-state index contributed by atoms with van der Waals surface area (Å²) in [6.45, 7) is 5.36. The van der Waals surface area contributed by atoms with E-state index in [1.165, 1.54) is 12.1 Å². The van der Waals surface area contributed by atoms with Crippen molar-refractivity contribution in [3.05, 3.63) is 76.5 Å². The standard InChI is InChI=1S/C23H22N2O4/c1-13-8-9-19(16-6-5-7-18(12-16)29-4)24-21(13)22(26)25-20-14(2)10-17(23(27)28)11-15(20)3/h5-12H,1-4H3,(H,25,26)(H,27,28). The van der Waals surface area contributed by atoms with Crippen molar-refractivity contribution in [2.45, 2.75) is 20.8 Å². The molecule has 2 aromatic carbocycles. The highest BCUT2D eigenvalue weighted by Gasteiger charge is 2.17. The van der Waals surface area contributed by atoms with Gasteiger partial charge in [-0.2, -0.15) is 0 Å². The molecular weight excluding hydrogens is 368 g/mol. The normalized spacial score (nSPS) is 10.5. The zero-order chi connectivity index (χ0) is 21.1. The second kappa shape index (κ2) is 8.14. The van der Waals surface area contributed by atoms with E-state index in [9.17, 15) is 14.7 Å². The van der Waals surface area contributed by atoms with Crippen molar-refractivity contribution in [2.24, 2.45) is 0 Å². The fraction of sp³-hybridized carbons (Fsp3) is 0.174. The van der Waals surface area contributed by atoms with Gasteiger partial charge in [0.25, 0.3) is 5.91 Å². The summed E-state index contributed by atoms with van der Waals surface area (Å²) in [6, 6.07) is 14.3. The molecule has 1 heterocycles. The molecule has 29 heavy (non-hydrogen) atoms. The molecular formula is C23H22N2O4. The van der Waals surface area contributed by atoms with Crippen LogP contribution in [-0.4, -0.2) is 29.1 Å². The van der Waals surface area contributed by atoms with E-state index in [0.717, 1.165) is 11.1 Å². The Balaban J connectivity index is 1.95. The molecule has 0 spiro atoms. The fourth-order valence-electron chi connectivity index (χ4n) is 3.16. The number of amides is 1. The molecule has 148 valence electrons. The first-order valence-electron chi connectivity index (χ1n) is 9.08. The summed E-state index contributed by atoms with van der Waals surface area (Å²) in [7, 11) is 1.60. The van der Waals surface area contributed by atoms with Gasteiger partial charge in [-0.25, -0.2) is 9.78 Å². The van der Waals surface area contributed by atoms with Crippen LogP contribution < -0.4 is 10.1 Å². The number of aromatic nitrogens is 1. The lowest BCUT2D eigenvalue weighted by molar-refractivity contribution is 0.0696. The zero-order valence-corrected chi connectivity index (χ0v) is 16.7. The van der Waals surface area contributed by atoms with Gasteiger partial charge in [-0.05, 0) is 67.8 Å². The highest BCUT2D eigenvalue weighted by molar-refractivity contribution is 6.05. The van der Waals surface area contributed by atoms with Crippen LogP contribution in [0.1, 0.15) is 37.5 Å². The summed E-state index contributed by atoms with van der Waals surface area (Å²) in [5.74, 6) is -0.639. The number of nitrogens with one attached hydrogen (secondary N) is 1. The molecule has 0 bridgehead atoms. The van der Waals surface area contributed by atoms with Gasteiger partial charge in [0.05, 0.1) is 18.4 Å². The smallest absolute Gasteiger partial charge is 0.335 e. The molecule has 0 saturated heterocycles. The van der Waals surface area contributed by atoms with Crippen LogP contribution in [0, 0.1) is 20.8 Å². The van der Waals surface area contributed by atoms with Crippen LogP contribution in [0.2, 0.25) is 0 Å². The molecule has 1 aromatic heterocycles. The number of rotatable bonds is 5. The number of carboxylic acid groups (broad SMARTS) is 1. The van der Waals surface area contributed by atoms with Crippen LogP contribution in [0.3, 0.4) is 0 Å². The van der Waals surface area contributed by atoms with Gasteiger partial charge in [-0.1, -0.05) is 18.2 Å². The van der Waals surface area contributed by atoms with Crippen LogP contribution in [0.5, 0.6) is 5.75 Å². The topological polar surface area (TPSA) is 88.5 Å². The maximum atomic E-state index is 13.0. The monoisotopic (exact) mass is 390 g/mol. The number of anilines is 1. The lowest BCUT2D eigenvalue weighted by Crippen LogP contribution is -2.17. The summed E-state index contributed by atoms with van der Waals surface area (Å²) >= 11 is 0. The van der Waals surface area contributed by atoms with Crippen LogP contribution in [0.15, 0.2) is 48.5 Å². The Kier molecular flexibility index (Phi) is 5.64. The van der Waals surface area contributed by atoms with Gasteiger partial charge in [-0.15, -0.1) is 0 Å². The Morgan fingerprint density at radius 2 is 1.66 bits per heavy atom. The SMILES string of the molecule is COc1cccc(-c2ccc(C)c(C(=O)Nc3c(C)cc(C(=O)O)cc3C)n2)c1. The Bertz CT molecular complexity index is 1080. The lowest BCUT2D eigenvalue weighted by Gasteiger charge is -2.14. The Labute approximate surface area is 169 Å². The highest BCUT2D eigenvalue weighted by Crippen LogP contribution is 2.26. The Morgan fingerprint density at radius 1 is 0.966 bits per heavy atom. The molecule has 0 aliphatic rings. The summed E-state index contributed by atoms with van der Waals surface area (Å²) < 4.78 is 5.26. The predicted octanol–water partition coefficient (Wildman–Crippen LogP) is 4.63. The first-order chi connectivity index (χ1) is 13.8. The second-order valence-electron chi connectivity index (χ2n) is 6.84. The number of nitrogens with zero attached hydrogens (tertiary/aromatic N) is 1. The van der Waals surface area contributed by atoms with Crippen LogP contribution in [-0.2, 0) is 0 Å². The van der Waals surface area contributed by atoms with E-state index in [1.54, 1.807) is 21.0 Å². The van der Waals surface area contributed by atoms with Gasteiger partial charge < -0.3 is 15.2 Å². The Hall–Kier alpha value is -3.67. The fourth-order valence-corrected chi connectivity index (χ4v) is 3.16. The zero-order valence-electron chi connectivity index (χ0n) is 16.7. The van der Waals surface area contributed by atoms with Crippen molar-refractivity contribution in [3.63, 3.8) is 0 Å². The second-order valence-corrected chi connectivity index (χ2v) is 6.84. The third-order valence-electron chi connectivity index (χ3n) is 4.70. The predicted molar refractivity (Wildman–Crippen MR) is 112 cm³/mol. The molecule has 0 aliphatic carbocycles. The van der Waals surface area contributed by atoms with Crippen molar-refractivity contribution < 1.29 is 19.4 Å². The van der Waals surface area contributed by atoms with Gasteiger partial charge in [0.2, 0.25) is 0 Å². The molecule has 3 aromatic rings. The minimum atomic E-state index is -1.00. The number of ether oxygens (including phenoxy) is 1. The van der Waals surface area contributed by atoms with Crippen molar-refractivity contribution in [2.75, 3.05) is 12.4 Å². The van der Waals surface area contributed by atoms with Gasteiger partial charge in [0, 0.05) is 11.3 Å². The van der Waals surface area contributed by atoms with Crippen molar-refractivity contribution in [1.82, 2.24) is 4.98 Å². The first kappa shape index (κ1) is 20.1. The summed E-state index contributed by atoms with van der Waals surface area (Å²) in [4.78, 5) is 28.7. The third-order valence-corrected chi connectivity index (χ3v) is 4.70. The largest absolute Gasteiger partial charge is 0.497 e. The van der Waals surface area contributed by atoms with Gasteiger partial charge in [-0.3, -0.25) is 4.79 Å². The number of benzene rings is 2. The number of aryl methyl sites for hydroxylation is 3. The van der Waals surface area contributed by atoms with E-state index in [0.29, 0.717) is 34.0 Å². The highest BCUT2D eigenvalue weighted by atomic mass is 16.5. The van der Waals surface area contributed by atoms with E-state index in [-0.39, 0.29) is 11.5 Å². The molecule has 0 atom stereocenters. The maximum absolute atomic E-state index is 13.0. The van der Waals surface area contributed by atoms with Crippen LogP contribution >= 0.6 is 0 Å². The third kappa shape index (κ3) is 4.27. The number of methoxy groups -OCH3 is 1. The Morgan fingerprint density at radius 3 is 2.28 bits per heavy atom. The minimum Gasteiger partial charge on any atom is -0.497 e. The molecule has 2 N–H and O–H groups in total. The summed E-state index contributed by atoms with van der Waals surface area (Å²) in [5.41, 5.74) is 4.69. The number of carboxylic acids is 1. The molecule has 0 radical (unpaired) electrons.